The molecule has 10 nitrogen and oxygen atoms in total. The van der Waals surface area contributed by atoms with Gasteiger partial charge in [0.05, 0.1) is 29.4 Å². The smallest absolute Gasteiger partial charge is 0.255 e. The maximum Gasteiger partial charge on any atom is 0.255 e. The van der Waals surface area contributed by atoms with Crippen molar-refractivity contribution in [3.8, 4) is 33.7 Å². The fourth-order valence-electron chi connectivity index (χ4n) is 4.77. The predicted octanol–water partition coefficient (Wildman–Crippen LogP) is 4.94. The number of benzene rings is 2. The van der Waals surface area contributed by atoms with Crippen LogP contribution >= 0.6 is 0 Å². The third kappa shape index (κ3) is 4.70. The van der Waals surface area contributed by atoms with Gasteiger partial charge in [-0.15, -0.1) is 0 Å². The number of fused-ring (bicyclic) bond motifs is 2. The van der Waals surface area contributed by atoms with Crippen LogP contribution in [0.25, 0.3) is 50.3 Å². The van der Waals surface area contributed by atoms with E-state index < -0.39 is 10.0 Å². The first-order valence-corrected chi connectivity index (χ1v) is 14.6. The third-order valence-corrected chi connectivity index (χ3v) is 8.21. The van der Waals surface area contributed by atoms with E-state index in [1.54, 1.807) is 50.2 Å². The summed E-state index contributed by atoms with van der Waals surface area (Å²) in [6.45, 7) is 1.98. The van der Waals surface area contributed by atoms with Crippen molar-refractivity contribution in [1.29, 1.82) is 0 Å². The van der Waals surface area contributed by atoms with E-state index in [1.165, 1.54) is 11.4 Å². The molecule has 6 aromatic rings. The van der Waals surface area contributed by atoms with Crippen LogP contribution in [0.1, 0.15) is 15.9 Å². The van der Waals surface area contributed by atoms with Crippen molar-refractivity contribution >= 4 is 38.2 Å². The van der Waals surface area contributed by atoms with Gasteiger partial charge >= 0.3 is 0 Å². The number of carbonyl (C=O) groups is 1. The number of carbonyl (C=O) groups excluding carboxylic acids is 1. The highest BCUT2D eigenvalue weighted by Gasteiger charge is 2.26. The topological polar surface area (TPSA) is 123 Å². The highest BCUT2D eigenvalue weighted by molar-refractivity contribution is 7.92. The Bertz CT molecular complexity index is 2030. The predicted molar refractivity (Wildman–Crippen MR) is 158 cm³/mol. The summed E-state index contributed by atoms with van der Waals surface area (Å²) >= 11 is 0. The van der Waals surface area contributed by atoms with Crippen molar-refractivity contribution in [2.45, 2.75) is 6.92 Å². The summed E-state index contributed by atoms with van der Waals surface area (Å²) in [5.74, 6) is 0.0781. The summed E-state index contributed by atoms with van der Waals surface area (Å²) in [5.41, 5.74) is 6.23. The second-order valence-corrected chi connectivity index (χ2v) is 11.8. The van der Waals surface area contributed by atoms with Crippen LogP contribution < -0.4 is 9.62 Å². The van der Waals surface area contributed by atoms with Gasteiger partial charge in [0, 0.05) is 78.8 Å². The van der Waals surface area contributed by atoms with Crippen LogP contribution in [-0.2, 0) is 10.0 Å². The molecule has 1 amide bonds. The first-order valence-electron chi connectivity index (χ1n) is 12.7. The van der Waals surface area contributed by atoms with Gasteiger partial charge in [0.2, 0.25) is 10.0 Å². The summed E-state index contributed by atoms with van der Waals surface area (Å²) in [4.78, 5) is 26.4. The van der Waals surface area contributed by atoms with Gasteiger partial charge in [-0.25, -0.2) is 13.4 Å². The van der Waals surface area contributed by atoms with Gasteiger partial charge in [-0.3, -0.25) is 19.1 Å². The Hall–Kier alpha value is -5.03. The zero-order valence-electron chi connectivity index (χ0n) is 22.8. The van der Waals surface area contributed by atoms with E-state index in [4.69, 9.17) is 4.42 Å². The molecule has 4 aromatic heterocycles. The molecule has 0 saturated heterocycles. The van der Waals surface area contributed by atoms with Crippen LogP contribution in [0.15, 0.2) is 84.1 Å². The van der Waals surface area contributed by atoms with Crippen molar-refractivity contribution < 1.29 is 17.6 Å². The second kappa shape index (κ2) is 9.86. The van der Waals surface area contributed by atoms with Gasteiger partial charge in [-0.2, -0.15) is 0 Å². The lowest BCUT2D eigenvalue weighted by Crippen LogP contribution is -2.25. The Labute approximate surface area is 236 Å². The maximum absolute atomic E-state index is 13.2. The van der Waals surface area contributed by atoms with Crippen molar-refractivity contribution in [1.82, 2.24) is 24.7 Å². The molecular formula is C30H26N6O4S. The minimum atomic E-state index is -3.65. The Balaban J connectivity index is 1.61. The highest BCUT2D eigenvalue weighted by Crippen LogP contribution is 2.41. The number of anilines is 1. The molecular weight excluding hydrogens is 540 g/mol. The number of nitrogens with zero attached hydrogens (tertiary/aromatic N) is 5. The molecule has 4 heterocycles. The Morgan fingerprint density at radius 2 is 1.76 bits per heavy atom. The molecule has 2 aromatic carbocycles. The number of furan rings is 1. The SMILES string of the molecule is CNC(=O)c1c(-c2ccc(C)cc2)oc2cc(N(C)S(C)(=O)=O)c(-c3cncc(-c4cn5ccncc5n4)c3)cc12. The van der Waals surface area contributed by atoms with Crippen molar-refractivity contribution in [2.75, 3.05) is 24.7 Å². The Morgan fingerprint density at radius 1 is 1.00 bits per heavy atom. The van der Waals surface area contributed by atoms with Crippen LogP contribution in [0, 0.1) is 6.92 Å². The molecule has 0 aliphatic heterocycles. The van der Waals surface area contributed by atoms with Gasteiger partial charge in [-0.05, 0) is 19.1 Å². The standard InChI is InChI=1S/C30H26N6O4S/c1-18-5-7-19(8-6-18)29-28(30(37)31-2)23-12-22(25(13-26(23)40-29)35(3)41(4,38)39)20-11-21(15-33-14-20)24-17-36-10-9-32-16-27(36)34-24/h5-17H,1-4H3,(H,31,37). The zero-order chi connectivity index (χ0) is 28.9. The minimum absolute atomic E-state index is 0.320. The lowest BCUT2D eigenvalue weighted by molar-refractivity contribution is 0.0964. The molecule has 0 aliphatic carbocycles. The van der Waals surface area contributed by atoms with Crippen molar-refractivity contribution in [3.63, 3.8) is 0 Å². The molecule has 0 fully saturated rings. The van der Waals surface area contributed by atoms with E-state index in [0.717, 1.165) is 22.9 Å². The van der Waals surface area contributed by atoms with E-state index >= 15 is 0 Å². The number of aromatic nitrogens is 4. The lowest BCUT2D eigenvalue weighted by Gasteiger charge is -2.20. The molecule has 0 bridgehead atoms. The fraction of sp³-hybridized carbons (Fsp3) is 0.133. The number of hydrogen-bond acceptors (Lipinski definition) is 7. The molecule has 1 N–H and O–H groups in total. The number of hydrogen-bond donors (Lipinski definition) is 1. The first kappa shape index (κ1) is 26.2. The highest BCUT2D eigenvalue weighted by atomic mass is 32.2. The van der Waals surface area contributed by atoms with E-state index in [0.29, 0.717) is 50.4 Å². The summed E-state index contributed by atoms with van der Waals surface area (Å²) in [6.07, 6.45) is 11.5. The molecule has 0 unspecified atom stereocenters. The van der Waals surface area contributed by atoms with Crippen LogP contribution in [0.5, 0.6) is 0 Å². The third-order valence-electron chi connectivity index (χ3n) is 7.02. The zero-order valence-corrected chi connectivity index (χ0v) is 23.6. The van der Waals surface area contributed by atoms with Crippen LogP contribution in [-0.4, -0.2) is 54.0 Å². The number of aryl methyl sites for hydroxylation is 1. The Morgan fingerprint density at radius 3 is 2.46 bits per heavy atom. The second-order valence-electron chi connectivity index (χ2n) is 9.78. The number of rotatable bonds is 6. The van der Waals surface area contributed by atoms with Crippen molar-refractivity contribution in [2.24, 2.45) is 0 Å². The average Bonchev–Trinajstić information content (AvgIpc) is 3.57. The summed E-state index contributed by atoms with van der Waals surface area (Å²) in [6, 6.07) is 13.0. The molecule has 206 valence electrons. The van der Waals surface area contributed by atoms with Crippen LogP contribution in [0.3, 0.4) is 0 Å². The summed E-state index contributed by atoms with van der Waals surface area (Å²) < 4.78 is 34.7. The number of pyridine rings is 1. The first-order chi connectivity index (χ1) is 19.6. The molecule has 0 aliphatic rings. The normalized spacial score (nSPS) is 11.7. The fourth-order valence-corrected chi connectivity index (χ4v) is 5.28. The number of amides is 1. The summed E-state index contributed by atoms with van der Waals surface area (Å²) in [5, 5.41) is 3.26. The maximum atomic E-state index is 13.2. The Kier molecular flexibility index (Phi) is 6.30. The molecule has 0 spiro atoms. The van der Waals surface area contributed by atoms with E-state index in [1.807, 2.05) is 47.9 Å². The summed E-state index contributed by atoms with van der Waals surface area (Å²) in [7, 11) is -0.604. The van der Waals surface area contributed by atoms with Gasteiger partial charge < -0.3 is 14.1 Å². The van der Waals surface area contributed by atoms with Gasteiger partial charge in [0.15, 0.2) is 5.65 Å². The van der Waals surface area contributed by atoms with Gasteiger partial charge in [0.25, 0.3) is 5.91 Å². The average molecular weight is 567 g/mol. The van der Waals surface area contributed by atoms with Gasteiger partial charge in [0.1, 0.15) is 11.3 Å². The number of imidazole rings is 1. The molecule has 6 rings (SSSR count). The molecule has 0 saturated carbocycles. The monoisotopic (exact) mass is 566 g/mol. The molecule has 0 radical (unpaired) electrons. The minimum Gasteiger partial charge on any atom is -0.455 e. The van der Waals surface area contributed by atoms with Crippen molar-refractivity contribution in [3.05, 3.63) is 90.8 Å². The molecule has 0 atom stereocenters. The molecule has 41 heavy (non-hydrogen) atoms. The van der Waals surface area contributed by atoms with Crippen LogP contribution in [0.4, 0.5) is 5.69 Å². The van der Waals surface area contributed by atoms with E-state index in [2.05, 4.69) is 20.3 Å². The van der Waals surface area contributed by atoms with E-state index in [9.17, 15) is 13.2 Å². The van der Waals surface area contributed by atoms with Gasteiger partial charge in [-0.1, -0.05) is 29.8 Å². The number of sulfonamides is 1. The van der Waals surface area contributed by atoms with E-state index in [-0.39, 0.29) is 5.91 Å². The quantitative estimate of drug-likeness (QED) is 0.303. The largest absolute Gasteiger partial charge is 0.455 e. The number of nitrogens with one attached hydrogen (secondary N) is 1. The molecule has 11 heteroatoms. The lowest BCUT2D eigenvalue weighted by atomic mass is 9.98. The van der Waals surface area contributed by atoms with Crippen LogP contribution in [0.2, 0.25) is 0 Å².